The summed E-state index contributed by atoms with van der Waals surface area (Å²) in [6.45, 7) is 7.71. The van der Waals surface area contributed by atoms with Crippen LogP contribution in [0, 0.1) is 6.92 Å². The highest BCUT2D eigenvalue weighted by molar-refractivity contribution is 7.90. The topological polar surface area (TPSA) is 113 Å². The van der Waals surface area contributed by atoms with E-state index in [0.29, 0.717) is 6.42 Å². The lowest BCUT2D eigenvalue weighted by Crippen LogP contribution is -2.40. The van der Waals surface area contributed by atoms with Crippen LogP contribution in [-0.4, -0.2) is 35.7 Å². The molecule has 0 spiro atoms. The molecule has 0 unspecified atom stereocenters. The Kier molecular flexibility index (Phi) is 7.38. The molecule has 3 N–H and O–H groups in total. The predicted molar refractivity (Wildman–Crippen MR) is 144 cm³/mol. The number of hydrogen-bond donors (Lipinski definition) is 3. The van der Waals surface area contributed by atoms with Crippen LogP contribution in [0.25, 0.3) is 16.7 Å². The van der Waals surface area contributed by atoms with E-state index in [9.17, 15) is 18.3 Å². The van der Waals surface area contributed by atoms with Gasteiger partial charge in [-0.3, -0.25) is 4.57 Å². The van der Waals surface area contributed by atoms with Crippen molar-refractivity contribution in [2.75, 3.05) is 6.54 Å². The number of carbonyl (C=O) groups is 1. The smallest absolute Gasteiger partial charge is 0.328 e. The lowest BCUT2D eigenvalue weighted by molar-refractivity contribution is 0.0787. The molecule has 2 amide bonds. The standard InChI is InChI=1S/C28H32N4O4S/c1-5-26-30-24-18-21(28(3,4)34)10-15-25(24)32(26)22-11-8-20(9-12-22)16-17-29-27(33)31-37(35,36)23-13-6-19(2)7-14-23/h6-15,18,34H,5,16-17H2,1-4H3,(H2,29,31,33). The lowest BCUT2D eigenvalue weighted by atomic mass is 9.98. The summed E-state index contributed by atoms with van der Waals surface area (Å²) in [5, 5.41) is 13.0. The highest BCUT2D eigenvalue weighted by atomic mass is 32.2. The number of amides is 2. The molecule has 4 rings (SSSR count). The summed E-state index contributed by atoms with van der Waals surface area (Å²) in [5.41, 5.74) is 4.56. The van der Waals surface area contributed by atoms with E-state index in [-0.39, 0.29) is 11.4 Å². The van der Waals surface area contributed by atoms with Crippen molar-refractivity contribution in [2.24, 2.45) is 0 Å². The number of fused-ring (bicyclic) bond motifs is 1. The molecule has 8 nitrogen and oxygen atoms in total. The molecule has 1 heterocycles. The number of nitrogens with zero attached hydrogens (tertiary/aromatic N) is 2. The molecular formula is C28H32N4O4S. The Morgan fingerprint density at radius 1 is 1.03 bits per heavy atom. The molecule has 0 aliphatic rings. The molecule has 0 aliphatic heterocycles. The summed E-state index contributed by atoms with van der Waals surface area (Å²) in [5.74, 6) is 0.920. The maximum Gasteiger partial charge on any atom is 0.328 e. The summed E-state index contributed by atoms with van der Waals surface area (Å²) < 4.78 is 28.9. The van der Waals surface area contributed by atoms with Crippen molar-refractivity contribution in [3.05, 3.63) is 89.2 Å². The number of aryl methyl sites for hydroxylation is 2. The fourth-order valence-electron chi connectivity index (χ4n) is 4.10. The molecule has 9 heteroatoms. The average molecular weight is 521 g/mol. The van der Waals surface area contributed by atoms with Crippen LogP contribution < -0.4 is 10.0 Å². The van der Waals surface area contributed by atoms with E-state index in [1.807, 2.05) is 54.1 Å². The van der Waals surface area contributed by atoms with Crippen LogP contribution in [0.3, 0.4) is 0 Å². The Morgan fingerprint density at radius 2 is 1.70 bits per heavy atom. The van der Waals surface area contributed by atoms with Crippen LogP contribution in [0.1, 0.15) is 43.3 Å². The number of benzene rings is 3. The van der Waals surface area contributed by atoms with Crippen LogP contribution in [0.4, 0.5) is 4.79 Å². The van der Waals surface area contributed by atoms with Gasteiger partial charge < -0.3 is 10.4 Å². The van der Waals surface area contributed by atoms with Crippen molar-refractivity contribution >= 4 is 27.1 Å². The quantitative estimate of drug-likeness (QED) is 0.320. The average Bonchev–Trinajstić information content (AvgIpc) is 3.22. The van der Waals surface area contributed by atoms with Gasteiger partial charge >= 0.3 is 6.03 Å². The zero-order chi connectivity index (χ0) is 26.8. The molecule has 0 saturated heterocycles. The minimum absolute atomic E-state index is 0.0404. The first-order valence-electron chi connectivity index (χ1n) is 12.2. The molecule has 0 radical (unpaired) electrons. The molecule has 0 bridgehead atoms. The van der Waals surface area contributed by atoms with Crippen molar-refractivity contribution in [3.63, 3.8) is 0 Å². The van der Waals surface area contributed by atoms with Crippen molar-refractivity contribution in [1.82, 2.24) is 19.6 Å². The Labute approximate surface area is 217 Å². The van der Waals surface area contributed by atoms with Gasteiger partial charge in [0, 0.05) is 18.7 Å². The molecule has 194 valence electrons. The molecule has 0 saturated carbocycles. The molecule has 0 aliphatic carbocycles. The van der Waals surface area contributed by atoms with Crippen LogP contribution in [0.5, 0.6) is 0 Å². The van der Waals surface area contributed by atoms with Crippen molar-refractivity contribution < 1.29 is 18.3 Å². The number of rotatable bonds is 8. The van der Waals surface area contributed by atoms with E-state index >= 15 is 0 Å². The molecule has 0 atom stereocenters. The van der Waals surface area contributed by atoms with Gasteiger partial charge in [-0.2, -0.15) is 0 Å². The predicted octanol–water partition coefficient (Wildman–Crippen LogP) is 4.35. The van der Waals surface area contributed by atoms with Crippen LogP contribution in [-0.2, 0) is 28.5 Å². The maximum absolute atomic E-state index is 12.4. The zero-order valence-corrected chi connectivity index (χ0v) is 22.3. The van der Waals surface area contributed by atoms with Gasteiger partial charge in [0.25, 0.3) is 10.0 Å². The first-order valence-corrected chi connectivity index (χ1v) is 13.7. The van der Waals surface area contributed by atoms with E-state index in [0.717, 1.165) is 45.7 Å². The van der Waals surface area contributed by atoms with E-state index in [2.05, 4.69) is 16.8 Å². The van der Waals surface area contributed by atoms with Crippen LogP contribution >= 0.6 is 0 Å². The fraction of sp³-hybridized carbons (Fsp3) is 0.286. The zero-order valence-electron chi connectivity index (χ0n) is 21.4. The third-order valence-corrected chi connectivity index (χ3v) is 7.55. The number of urea groups is 1. The van der Waals surface area contributed by atoms with Gasteiger partial charge in [-0.25, -0.2) is 22.9 Å². The Balaban J connectivity index is 1.41. The normalized spacial score (nSPS) is 12.0. The summed E-state index contributed by atoms with van der Waals surface area (Å²) in [6, 6.07) is 19.3. The van der Waals surface area contributed by atoms with Crippen molar-refractivity contribution in [1.29, 1.82) is 0 Å². The minimum Gasteiger partial charge on any atom is -0.386 e. The summed E-state index contributed by atoms with van der Waals surface area (Å²) in [4.78, 5) is 17.0. The largest absolute Gasteiger partial charge is 0.386 e. The second kappa shape index (κ2) is 10.4. The Bertz CT molecular complexity index is 1520. The van der Waals surface area contributed by atoms with Gasteiger partial charge in [-0.1, -0.05) is 42.8 Å². The van der Waals surface area contributed by atoms with E-state index in [4.69, 9.17) is 4.98 Å². The van der Waals surface area contributed by atoms with Gasteiger partial charge in [0.05, 0.1) is 21.5 Å². The SMILES string of the molecule is CCc1nc2cc(C(C)(C)O)ccc2n1-c1ccc(CCNC(=O)NS(=O)(=O)c2ccc(C)cc2)cc1. The summed E-state index contributed by atoms with van der Waals surface area (Å²) in [6.07, 6.45) is 1.29. The van der Waals surface area contributed by atoms with Crippen LogP contribution in [0.15, 0.2) is 71.6 Å². The van der Waals surface area contributed by atoms with Gasteiger partial charge in [0.1, 0.15) is 5.82 Å². The monoisotopic (exact) mass is 520 g/mol. The third-order valence-electron chi connectivity index (χ3n) is 6.20. The number of hydrogen-bond acceptors (Lipinski definition) is 5. The van der Waals surface area contributed by atoms with Crippen molar-refractivity contribution in [2.45, 2.75) is 51.0 Å². The molecule has 3 aromatic carbocycles. The number of sulfonamides is 1. The maximum atomic E-state index is 12.4. The second-order valence-corrected chi connectivity index (χ2v) is 11.3. The van der Waals surface area contributed by atoms with Gasteiger partial charge in [0.2, 0.25) is 0 Å². The number of aliphatic hydroxyl groups is 1. The minimum atomic E-state index is -3.92. The lowest BCUT2D eigenvalue weighted by Gasteiger charge is -2.17. The van der Waals surface area contributed by atoms with E-state index in [1.165, 1.54) is 12.1 Å². The van der Waals surface area contributed by atoms with Gasteiger partial charge in [-0.05, 0) is 74.7 Å². The molecule has 1 aromatic heterocycles. The molecule has 37 heavy (non-hydrogen) atoms. The highest BCUT2D eigenvalue weighted by Gasteiger charge is 2.19. The number of aromatic nitrogens is 2. The van der Waals surface area contributed by atoms with Gasteiger partial charge in [-0.15, -0.1) is 0 Å². The number of imidazole rings is 1. The van der Waals surface area contributed by atoms with Gasteiger partial charge in [0.15, 0.2) is 0 Å². The summed E-state index contributed by atoms with van der Waals surface area (Å²) >= 11 is 0. The number of carbonyl (C=O) groups excluding carboxylic acids is 1. The fourth-order valence-corrected chi connectivity index (χ4v) is 5.03. The van der Waals surface area contributed by atoms with Crippen molar-refractivity contribution in [3.8, 4) is 5.69 Å². The molecule has 4 aromatic rings. The first-order chi connectivity index (χ1) is 17.5. The number of nitrogens with one attached hydrogen (secondary N) is 2. The second-order valence-electron chi connectivity index (χ2n) is 9.57. The summed E-state index contributed by atoms with van der Waals surface area (Å²) in [7, 11) is -3.92. The molecular weight excluding hydrogens is 488 g/mol. The molecule has 0 fully saturated rings. The first kappa shape index (κ1) is 26.4. The van der Waals surface area contributed by atoms with E-state index < -0.39 is 21.7 Å². The highest BCUT2D eigenvalue weighted by Crippen LogP contribution is 2.27. The Hall–Kier alpha value is -3.69. The third kappa shape index (κ3) is 6.00. The van der Waals surface area contributed by atoms with Crippen LogP contribution in [0.2, 0.25) is 0 Å². The Morgan fingerprint density at radius 3 is 2.32 bits per heavy atom. The van der Waals surface area contributed by atoms with E-state index in [1.54, 1.807) is 26.0 Å².